The van der Waals surface area contributed by atoms with E-state index in [2.05, 4.69) is 44.5 Å². The molecule has 1 heterocycles. The van der Waals surface area contributed by atoms with Crippen molar-refractivity contribution in [3.8, 4) is 0 Å². The van der Waals surface area contributed by atoms with Crippen molar-refractivity contribution in [3.63, 3.8) is 0 Å². The minimum absolute atomic E-state index is 0.111. The molecule has 0 aromatic rings. The lowest BCUT2D eigenvalue weighted by molar-refractivity contribution is -0.161. The van der Waals surface area contributed by atoms with E-state index in [-0.39, 0.29) is 31.3 Å². The highest BCUT2D eigenvalue weighted by Crippen LogP contribution is 2.66. The molecular weight excluding hydrogens is 666 g/mol. The molecule has 15 heteroatoms. The van der Waals surface area contributed by atoms with Crippen LogP contribution in [0.2, 0.25) is 18.1 Å². The van der Waals surface area contributed by atoms with Gasteiger partial charge in [0.05, 0.1) is 13.2 Å². The Morgan fingerprint density at radius 3 is 2.26 bits per heavy atom. The van der Waals surface area contributed by atoms with Gasteiger partial charge in [-0.05, 0) is 64.6 Å². The van der Waals surface area contributed by atoms with Crippen molar-refractivity contribution in [2.75, 3.05) is 33.1 Å². The molecular formula is C35H55N3O11Si. The Morgan fingerprint density at radius 1 is 1.10 bits per heavy atom. The van der Waals surface area contributed by atoms with Gasteiger partial charge in [0.25, 0.3) is 0 Å². The zero-order valence-electron chi connectivity index (χ0n) is 30.8. The number of ketones is 1. The zero-order valence-corrected chi connectivity index (χ0v) is 31.8. The summed E-state index contributed by atoms with van der Waals surface area (Å²) in [5.74, 6) is -3.22. The van der Waals surface area contributed by atoms with Gasteiger partial charge in [-0.1, -0.05) is 32.4 Å². The first-order valence-electron chi connectivity index (χ1n) is 17.3. The fourth-order valence-electron chi connectivity index (χ4n) is 7.11. The zero-order chi connectivity index (χ0) is 37.6. The number of likely N-dealkylation sites (tertiary alicyclic amines) is 1. The van der Waals surface area contributed by atoms with E-state index < -0.39 is 91.7 Å². The van der Waals surface area contributed by atoms with Crippen LogP contribution in [0.25, 0.3) is 0 Å². The number of hydrogen-bond donors (Lipinski definition) is 5. The van der Waals surface area contributed by atoms with Crippen molar-refractivity contribution >= 4 is 37.9 Å². The van der Waals surface area contributed by atoms with Gasteiger partial charge in [0.2, 0.25) is 11.8 Å². The number of hydrogen-bond acceptors (Lipinski definition) is 12. The number of aliphatic hydroxyl groups is 3. The molecule has 1 saturated carbocycles. The average Bonchev–Trinajstić information content (AvgIpc) is 3.62. The second-order valence-corrected chi connectivity index (χ2v) is 20.9. The SMILES string of the molecule is CC(=O)OCN[C@@H](CO)C(=O)N[C@@H](CO)C(=O)N1CCC[C@H]1C(=O)O[C@@H]1C2=C(C)C3(CC3)[C@@](C)(O)C(=O)C2=C[C@@]1(C)CO[Si](C)(C)C(C)(C)C. The van der Waals surface area contributed by atoms with E-state index >= 15 is 0 Å². The number of fused-ring (bicyclic) bond motifs is 1. The number of ether oxygens (including phenoxy) is 2. The third kappa shape index (κ3) is 7.22. The molecule has 0 radical (unpaired) electrons. The minimum Gasteiger partial charge on any atom is -0.455 e. The highest BCUT2D eigenvalue weighted by Gasteiger charge is 2.67. The third-order valence-electron chi connectivity index (χ3n) is 11.6. The van der Waals surface area contributed by atoms with Crippen molar-refractivity contribution in [1.29, 1.82) is 0 Å². The van der Waals surface area contributed by atoms with Crippen LogP contribution in [-0.4, -0.2) is 121 Å². The molecule has 1 aliphatic heterocycles. The van der Waals surface area contributed by atoms with Gasteiger partial charge in [-0.2, -0.15) is 0 Å². The fraction of sp³-hybridized carbons (Fsp3) is 0.743. The summed E-state index contributed by atoms with van der Waals surface area (Å²) in [7, 11) is -2.30. The molecule has 0 aromatic carbocycles. The van der Waals surface area contributed by atoms with Crippen LogP contribution in [0.15, 0.2) is 22.8 Å². The van der Waals surface area contributed by atoms with Crippen molar-refractivity contribution in [2.24, 2.45) is 10.8 Å². The maximum Gasteiger partial charge on any atom is 0.329 e. The van der Waals surface area contributed by atoms with Gasteiger partial charge in [0.1, 0.15) is 36.6 Å². The Balaban J connectivity index is 1.59. The van der Waals surface area contributed by atoms with Crippen molar-refractivity contribution < 1.29 is 53.2 Å². The molecule has 3 aliphatic carbocycles. The second-order valence-electron chi connectivity index (χ2n) is 16.1. The van der Waals surface area contributed by atoms with Gasteiger partial charge in [0.15, 0.2) is 14.1 Å². The highest BCUT2D eigenvalue weighted by molar-refractivity contribution is 6.74. The summed E-state index contributed by atoms with van der Waals surface area (Å²) >= 11 is 0. The first-order chi connectivity index (χ1) is 23.1. The Bertz CT molecular complexity index is 1460. The summed E-state index contributed by atoms with van der Waals surface area (Å²) < 4.78 is 17.8. The van der Waals surface area contributed by atoms with E-state index in [0.29, 0.717) is 30.4 Å². The van der Waals surface area contributed by atoms with E-state index in [4.69, 9.17) is 13.9 Å². The van der Waals surface area contributed by atoms with Crippen LogP contribution in [0.5, 0.6) is 0 Å². The average molecular weight is 722 g/mol. The number of nitrogens with zero attached hydrogens (tertiary/aromatic N) is 1. The third-order valence-corrected chi connectivity index (χ3v) is 16.1. The summed E-state index contributed by atoms with van der Waals surface area (Å²) in [6.45, 7) is 15.6. The van der Waals surface area contributed by atoms with Gasteiger partial charge in [0, 0.05) is 42.1 Å². The molecule has 1 saturated heterocycles. The van der Waals surface area contributed by atoms with Crippen LogP contribution >= 0.6 is 0 Å². The number of rotatable bonds is 13. The second kappa shape index (κ2) is 14.2. The standard InChI is InChI=1S/C35H55N3O11Si/c1-20-26-22(27(42)34(7,46)35(20)12-13-35)15-33(6,18-48-50(8,9)32(3,4)5)28(26)49-31(45)25-11-10-14-38(25)30(44)24(17-40)37-29(43)23(16-39)36-19-47-21(2)41/h15,23-25,28,36,39-40,46H,10-14,16-19H2,1-9H3,(H,37,43)/t23-,24-,25-,28+,33-,34-/m0/s1. The quantitative estimate of drug-likeness (QED) is 0.104. The first kappa shape index (κ1) is 39.8. The Labute approximate surface area is 295 Å². The van der Waals surface area contributed by atoms with Gasteiger partial charge < -0.3 is 39.4 Å². The largest absolute Gasteiger partial charge is 0.455 e. The molecule has 6 atom stereocenters. The molecule has 14 nitrogen and oxygen atoms in total. The molecule has 4 aliphatic rings. The van der Waals surface area contributed by atoms with E-state index in [1.165, 1.54) is 11.8 Å². The fourth-order valence-corrected chi connectivity index (χ4v) is 8.21. The maximum absolute atomic E-state index is 14.1. The number of amides is 2. The molecule has 280 valence electrons. The van der Waals surface area contributed by atoms with E-state index in [1.54, 1.807) is 13.0 Å². The van der Waals surface area contributed by atoms with Crippen LogP contribution in [0, 0.1) is 10.8 Å². The molecule has 4 rings (SSSR count). The number of nitrogens with one attached hydrogen (secondary N) is 2. The number of carbonyl (C=O) groups excluding carboxylic acids is 5. The summed E-state index contributed by atoms with van der Waals surface area (Å²) in [5.41, 5.74) is -1.58. The van der Waals surface area contributed by atoms with Gasteiger partial charge in [-0.15, -0.1) is 0 Å². The molecule has 0 bridgehead atoms. The first-order valence-corrected chi connectivity index (χ1v) is 20.2. The predicted octanol–water partition coefficient (Wildman–Crippen LogP) is 1.24. The minimum atomic E-state index is -2.30. The molecule has 50 heavy (non-hydrogen) atoms. The molecule has 5 N–H and O–H groups in total. The molecule has 1 spiro atoms. The maximum atomic E-state index is 14.1. The van der Waals surface area contributed by atoms with Crippen LogP contribution in [0.4, 0.5) is 0 Å². The van der Waals surface area contributed by atoms with E-state index in [9.17, 15) is 39.3 Å². The summed E-state index contributed by atoms with van der Waals surface area (Å²) in [6.07, 6.45) is 2.85. The van der Waals surface area contributed by atoms with E-state index in [0.717, 1.165) is 5.57 Å². The molecule has 0 aromatic heterocycles. The number of carbonyl (C=O) groups is 5. The Morgan fingerprint density at radius 2 is 1.72 bits per heavy atom. The monoisotopic (exact) mass is 721 g/mol. The van der Waals surface area contributed by atoms with Crippen LogP contribution in [0.1, 0.15) is 74.1 Å². The molecule has 0 unspecified atom stereocenters. The molecule has 2 amide bonds. The van der Waals surface area contributed by atoms with E-state index in [1.807, 2.05) is 13.8 Å². The molecule has 2 fully saturated rings. The van der Waals surface area contributed by atoms with Crippen molar-refractivity contribution in [3.05, 3.63) is 22.8 Å². The van der Waals surface area contributed by atoms with Gasteiger partial charge >= 0.3 is 11.9 Å². The lowest BCUT2D eigenvalue weighted by Gasteiger charge is -2.42. The smallest absolute Gasteiger partial charge is 0.329 e. The normalized spacial score (nSPS) is 28.6. The highest BCUT2D eigenvalue weighted by atomic mass is 28.4. The number of esters is 2. The Kier molecular flexibility index (Phi) is 11.3. The number of Topliss-reactive ketones (excluding diaryl/α,β-unsaturated/α-hetero) is 1. The van der Waals surface area contributed by atoms with Crippen molar-refractivity contribution in [2.45, 2.75) is 122 Å². The van der Waals surface area contributed by atoms with Crippen LogP contribution < -0.4 is 10.6 Å². The Hall–Kier alpha value is -2.95. The van der Waals surface area contributed by atoms with Gasteiger partial charge in [-0.3, -0.25) is 24.5 Å². The van der Waals surface area contributed by atoms with Crippen molar-refractivity contribution in [1.82, 2.24) is 15.5 Å². The topological polar surface area (TPSA) is 201 Å². The lowest BCUT2D eigenvalue weighted by Crippen LogP contribution is -2.57. The van der Waals surface area contributed by atoms with Gasteiger partial charge in [-0.25, -0.2) is 4.79 Å². The van der Waals surface area contributed by atoms with Crippen LogP contribution in [0.3, 0.4) is 0 Å². The summed E-state index contributed by atoms with van der Waals surface area (Å²) in [6, 6.07) is -3.70. The lowest BCUT2D eigenvalue weighted by atomic mass is 9.67. The van der Waals surface area contributed by atoms with Crippen LogP contribution in [-0.2, 0) is 37.9 Å². The summed E-state index contributed by atoms with van der Waals surface area (Å²) in [5, 5.41) is 36.1. The number of aliphatic hydroxyl groups excluding tert-OH is 2. The predicted molar refractivity (Wildman–Crippen MR) is 184 cm³/mol. The summed E-state index contributed by atoms with van der Waals surface area (Å²) in [4.78, 5) is 66.9.